The van der Waals surface area contributed by atoms with Gasteiger partial charge in [0.15, 0.2) is 0 Å². The molecule has 170 valence electrons. The first-order valence-electron chi connectivity index (χ1n) is 11.4. The Balaban J connectivity index is 1.54. The lowest BCUT2D eigenvalue weighted by atomic mass is 9.93. The second-order valence-corrected chi connectivity index (χ2v) is 8.89. The van der Waals surface area contributed by atoms with E-state index in [1.165, 1.54) is 24.3 Å². The van der Waals surface area contributed by atoms with Gasteiger partial charge in [0, 0.05) is 48.7 Å². The van der Waals surface area contributed by atoms with E-state index in [1.54, 1.807) is 4.90 Å². The highest BCUT2D eigenvalue weighted by atomic mass is 16.6. The lowest BCUT2D eigenvalue weighted by molar-refractivity contribution is -0.384. The van der Waals surface area contributed by atoms with Crippen LogP contribution in [0, 0.1) is 10.1 Å². The van der Waals surface area contributed by atoms with E-state index < -0.39 is 4.92 Å². The summed E-state index contributed by atoms with van der Waals surface area (Å²) in [5.41, 5.74) is 1.40. The summed E-state index contributed by atoms with van der Waals surface area (Å²) in [5.74, 6) is -0.260. The van der Waals surface area contributed by atoms with Gasteiger partial charge in [0.1, 0.15) is 6.54 Å². The van der Waals surface area contributed by atoms with Crippen molar-refractivity contribution in [3.63, 3.8) is 0 Å². The molecule has 0 aliphatic heterocycles. The molecule has 0 unspecified atom stereocenters. The summed E-state index contributed by atoms with van der Waals surface area (Å²) in [7, 11) is 1.97. The molecule has 0 bridgehead atoms. The number of non-ortho nitro benzene ring substituents is 1. The van der Waals surface area contributed by atoms with Crippen molar-refractivity contribution in [2.45, 2.75) is 63.6 Å². The fourth-order valence-corrected chi connectivity index (χ4v) is 4.53. The number of rotatable bonds is 8. The molecule has 0 spiro atoms. The SMILES string of the molecule is Cn1cccc1CN(C(=O)CN(C(=O)c1ccc([N+](=O)[O-])cc1)C1CCCCC1)C1CC1. The molecule has 2 amide bonds. The zero-order chi connectivity index (χ0) is 22.7. The van der Waals surface area contributed by atoms with Gasteiger partial charge in [-0.05, 0) is 49.9 Å². The van der Waals surface area contributed by atoms with Crippen molar-refractivity contribution in [3.05, 3.63) is 64.0 Å². The molecular weight excluding hydrogens is 408 g/mol. The number of nitrogens with zero attached hydrogens (tertiary/aromatic N) is 4. The first-order chi connectivity index (χ1) is 15.4. The number of hydrogen-bond donors (Lipinski definition) is 0. The molecule has 0 N–H and O–H groups in total. The number of amides is 2. The molecule has 0 saturated heterocycles. The molecule has 1 aromatic heterocycles. The van der Waals surface area contributed by atoms with Gasteiger partial charge in [0.2, 0.25) is 5.91 Å². The zero-order valence-electron chi connectivity index (χ0n) is 18.5. The molecule has 32 heavy (non-hydrogen) atoms. The highest BCUT2D eigenvalue weighted by Crippen LogP contribution is 2.30. The molecule has 2 aromatic rings. The van der Waals surface area contributed by atoms with Crippen LogP contribution in [0.4, 0.5) is 5.69 Å². The average molecular weight is 439 g/mol. The first kappa shape index (κ1) is 22.0. The topological polar surface area (TPSA) is 88.7 Å². The molecule has 8 nitrogen and oxygen atoms in total. The third kappa shape index (κ3) is 5.00. The second-order valence-electron chi connectivity index (χ2n) is 8.89. The summed E-state index contributed by atoms with van der Waals surface area (Å²) in [6.07, 6.45) is 8.95. The number of nitro benzene ring substituents is 1. The van der Waals surface area contributed by atoms with Gasteiger partial charge in [-0.15, -0.1) is 0 Å². The number of nitro groups is 1. The molecule has 8 heteroatoms. The minimum atomic E-state index is -0.478. The van der Waals surface area contributed by atoms with Crippen molar-refractivity contribution in [1.82, 2.24) is 14.4 Å². The monoisotopic (exact) mass is 438 g/mol. The maximum atomic E-state index is 13.4. The molecule has 1 aromatic carbocycles. The normalized spacial score (nSPS) is 16.5. The predicted octanol–water partition coefficient (Wildman–Crippen LogP) is 3.90. The van der Waals surface area contributed by atoms with Crippen molar-refractivity contribution in [2.75, 3.05) is 6.54 Å². The number of aromatic nitrogens is 1. The van der Waals surface area contributed by atoms with Gasteiger partial charge in [-0.1, -0.05) is 19.3 Å². The van der Waals surface area contributed by atoms with Gasteiger partial charge < -0.3 is 14.4 Å². The highest BCUT2D eigenvalue weighted by molar-refractivity contribution is 5.97. The van der Waals surface area contributed by atoms with Crippen LogP contribution in [0.5, 0.6) is 0 Å². The van der Waals surface area contributed by atoms with Crippen LogP contribution >= 0.6 is 0 Å². The first-order valence-corrected chi connectivity index (χ1v) is 11.4. The molecule has 2 saturated carbocycles. The summed E-state index contributed by atoms with van der Waals surface area (Å²) in [5, 5.41) is 11.0. The van der Waals surface area contributed by atoms with E-state index in [9.17, 15) is 19.7 Å². The lowest BCUT2D eigenvalue weighted by Crippen LogP contribution is -2.48. The van der Waals surface area contributed by atoms with Gasteiger partial charge in [-0.2, -0.15) is 0 Å². The molecule has 1 heterocycles. The van der Waals surface area contributed by atoms with Crippen LogP contribution in [-0.4, -0.2) is 49.7 Å². The van der Waals surface area contributed by atoms with Crippen LogP contribution < -0.4 is 0 Å². The fraction of sp³-hybridized carbons (Fsp3) is 0.500. The minimum absolute atomic E-state index is 0.0199. The Hall–Kier alpha value is -3.16. The Morgan fingerprint density at radius 1 is 1.00 bits per heavy atom. The summed E-state index contributed by atoms with van der Waals surface area (Å²) in [6, 6.07) is 9.92. The minimum Gasteiger partial charge on any atom is -0.353 e. The van der Waals surface area contributed by atoms with Crippen molar-refractivity contribution in [1.29, 1.82) is 0 Å². The van der Waals surface area contributed by atoms with Crippen LogP contribution in [0.15, 0.2) is 42.6 Å². The van der Waals surface area contributed by atoms with Crippen molar-refractivity contribution in [2.24, 2.45) is 7.05 Å². The van der Waals surface area contributed by atoms with E-state index in [-0.39, 0.29) is 36.1 Å². The van der Waals surface area contributed by atoms with E-state index in [0.29, 0.717) is 12.1 Å². The molecular formula is C24H30N4O4. The highest BCUT2D eigenvalue weighted by Gasteiger charge is 2.36. The van der Waals surface area contributed by atoms with Gasteiger partial charge >= 0.3 is 0 Å². The Kier molecular flexibility index (Phi) is 6.58. The van der Waals surface area contributed by atoms with Crippen molar-refractivity contribution < 1.29 is 14.5 Å². The number of carbonyl (C=O) groups excluding carboxylic acids is 2. The molecule has 2 fully saturated rings. The molecule has 2 aliphatic rings. The number of benzene rings is 1. The van der Waals surface area contributed by atoms with E-state index in [1.807, 2.05) is 34.8 Å². The zero-order valence-corrected chi connectivity index (χ0v) is 18.5. The summed E-state index contributed by atoms with van der Waals surface area (Å²) in [6.45, 7) is 0.582. The third-order valence-electron chi connectivity index (χ3n) is 6.60. The van der Waals surface area contributed by atoms with Crippen molar-refractivity contribution in [3.8, 4) is 0 Å². The average Bonchev–Trinajstić information content (AvgIpc) is 3.57. The Morgan fingerprint density at radius 3 is 2.22 bits per heavy atom. The fourth-order valence-electron chi connectivity index (χ4n) is 4.53. The van der Waals surface area contributed by atoms with Crippen molar-refractivity contribution >= 4 is 17.5 Å². The molecule has 2 aliphatic carbocycles. The standard InChI is InChI=1S/C24H30N4O4/c1-25-15-5-8-22(25)16-26(20-13-14-20)23(29)17-27(19-6-3-2-4-7-19)24(30)18-9-11-21(12-10-18)28(31)32/h5,8-12,15,19-20H,2-4,6-7,13-14,16-17H2,1H3. The van der Waals surface area contributed by atoms with Crippen LogP contribution in [0.1, 0.15) is 61.0 Å². The van der Waals surface area contributed by atoms with E-state index in [2.05, 4.69) is 0 Å². The maximum Gasteiger partial charge on any atom is 0.269 e. The van der Waals surface area contributed by atoms with Crippen LogP contribution in [0.2, 0.25) is 0 Å². The van der Waals surface area contributed by atoms with E-state index >= 15 is 0 Å². The second kappa shape index (κ2) is 9.54. The Labute approximate surface area is 188 Å². The summed E-state index contributed by atoms with van der Waals surface area (Å²) in [4.78, 5) is 41.0. The van der Waals surface area contributed by atoms with Gasteiger partial charge in [-0.25, -0.2) is 0 Å². The van der Waals surface area contributed by atoms with Gasteiger partial charge in [-0.3, -0.25) is 19.7 Å². The number of carbonyl (C=O) groups is 2. The Bertz CT molecular complexity index is 974. The largest absolute Gasteiger partial charge is 0.353 e. The molecule has 0 atom stereocenters. The van der Waals surface area contributed by atoms with Gasteiger partial charge in [0.25, 0.3) is 11.6 Å². The Morgan fingerprint density at radius 2 is 1.66 bits per heavy atom. The predicted molar refractivity (Wildman–Crippen MR) is 120 cm³/mol. The van der Waals surface area contributed by atoms with Crippen LogP contribution in [0.25, 0.3) is 0 Å². The molecule has 0 radical (unpaired) electrons. The number of hydrogen-bond acceptors (Lipinski definition) is 4. The maximum absolute atomic E-state index is 13.4. The van der Waals surface area contributed by atoms with E-state index in [0.717, 1.165) is 50.6 Å². The van der Waals surface area contributed by atoms with Gasteiger partial charge in [0.05, 0.1) is 11.5 Å². The van der Waals surface area contributed by atoms with Crippen LogP contribution in [-0.2, 0) is 18.4 Å². The lowest BCUT2D eigenvalue weighted by Gasteiger charge is -2.35. The number of aryl methyl sites for hydroxylation is 1. The van der Waals surface area contributed by atoms with E-state index in [4.69, 9.17) is 0 Å². The van der Waals surface area contributed by atoms with Crippen LogP contribution in [0.3, 0.4) is 0 Å². The summed E-state index contributed by atoms with van der Waals surface area (Å²) >= 11 is 0. The third-order valence-corrected chi connectivity index (χ3v) is 6.60. The molecule has 4 rings (SSSR count). The summed E-state index contributed by atoms with van der Waals surface area (Å²) < 4.78 is 2.02. The smallest absolute Gasteiger partial charge is 0.269 e. The quantitative estimate of drug-likeness (QED) is 0.462.